The lowest BCUT2D eigenvalue weighted by atomic mass is 9.85. The van der Waals surface area contributed by atoms with Crippen molar-refractivity contribution in [1.29, 1.82) is 0 Å². The zero-order chi connectivity index (χ0) is 24.4. The van der Waals surface area contributed by atoms with Crippen molar-refractivity contribution in [3.63, 3.8) is 0 Å². The Hall–Kier alpha value is -3.35. The summed E-state index contributed by atoms with van der Waals surface area (Å²) in [4.78, 5) is 36.6. The number of carboxylic acid groups (broad SMARTS) is 1. The van der Waals surface area contributed by atoms with Gasteiger partial charge < -0.3 is 20.5 Å². The smallest absolute Gasteiger partial charge is 0.407 e. The van der Waals surface area contributed by atoms with Crippen LogP contribution in [0.1, 0.15) is 62.0 Å². The summed E-state index contributed by atoms with van der Waals surface area (Å²) in [5.41, 5.74) is 4.73. The Morgan fingerprint density at radius 1 is 0.800 bits per heavy atom. The molecule has 2 aromatic rings. The third-order valence-electron chi connectivity index (χ3n) is 7.84. The number of carbonyl (C=O) groups is 3. The summed E-state index contributed by atoms with van der Waals surface area (Å²) in [6.07, 6.45) is 4.39. The van der Waals surface area contributed by atoms with Gasteiger partial charge in [0.05, 0.1) is 5.92 Å². The molecule has 5 rings (SSSR count). The molecule has 0 aliphatic heterocycles. The highest BCUT2D eigenvalue weighted by molar-refractivity contribution is 5.80. The van der Waals surface area contributed by atoms with E-state index in [9.17, 15) is 19.5 Å². The van der Waals surface area contributed by atoms with E-state index in [1.165, 1.54) is 22.3 Å². The van der Waals surface area contributed by atoms with Crippen molar-refractivity contribution < 1.29 is 24.2 Å². The number of ether oxygens (including phenoxy) is 1. The molecule has 3 aliphatic rings. The SMILES string of the molecule is O=C(NC1CCCC(C(=O)NC2CCC(C(=O)O)C2)C1)OCC1c2ccccc2-c2ccccc21. The Bertz CT molecular complexity index is 1070. The molecule has 0 saturated heterocycles. The number of nitrogens with one attached hydrogen (secondary N) is 2. The molecule has 0 radical (unpaired) electrons. The molecule has 0 heterocycles. The molecule has 7 heteroatoms. The maximum Gasteiger partial charge on any atom is 0.407 e. The Labute approximate surface area is 205 Å². The second kappa shape index (κ2) is 10.1. The van der Waals surface area contributed by atoms with Crippen LogP contribution in [0.2, 0.25) is 0 Å². The van der Waals surface area contributed by atoms with Gasteiger partial charge in [-0.25, -0.2) is 4.79 Å². The first-order valence-electron chi connectivity index (χ1n) is 12.6. The first-order chi connectivity index (χ1) is 17.0. The summed E-state index contributed by atoms with van der Waals surface area (Å²) >= 11 is 0. The standard InChI is InChI=1S/C28H32N2O5/c31-26(29-20-13-12-18(15-20)27(32)33)17-6-5-7-19(14-17)30-28(34)35-16-25-23-10-3-1-8-21(23)22-9-2-4-11-24(22)25/h1-4,8-11,17-20,25H,5-7,12-16H2,(H,29,31)(H,30,34)(H,32,33). The highest BCUT2D eigenvalue weighted by Crippen LogP contribution is 2.44. The summed E-state index contributed by atoms with van der Waals surface area (Å²) in [7, 11) is 0. The van der Waals surface area contributed by atoms with E-state index < -0.39 is 12.1 Å². The van der Waals surface area contributed by atoms with Crippen molar-refractivity contribution in [2.45, 2.75) is 62.9 Å². The number of carboxylic acids is 1. The van der Waals surface area contributed by atoms with Gasteiger partial charge in [0.2, 0.25) is 5.91 Å². The van der Waals surface area contributed by atoms with Gasteiger partial charge in [-0.1, -0.05) is 55.0 Å². The first-order valence-corrected chi connectivity index (χ1v) is 12.6. The minimum Gasteiger partial charge on any atom is -0.481 e. The van der Waals surface area contributed by atoms with E-state index in [4.69, 9.17) is 4.74 Å². The van der Waals surface area contributed by atoms with Gasteiger partial charge >= 0.3 is 12.1 Å². The molecule has 7 nitrogen and oxygen atoms in total. The lowest BCUT2D eigenvalue weighted by Gasteiger charge is -2.29. The fourth-order valence-electron chi connectivity index (χ4n) is 6.02. The molecule has 2 aromatic carbocycles. The summed E-state index contributed by atoms with van der Waals surface area (Å²) in [5.74, 6) is -1.34. The molecule has 4 atom stereocenters. The van der Waals surface area contributed by atoms with Gasteiger partial charge in [0.1, 0.15) is 6.61 Å². The van der Waals surface area contributed by atoms with E-state index in [0.717, 1.165) is 19.3 Å². The lowest BCUT2D eigenvalue weighted by molar-refractivity contribution is -0.141. The van der Waals surface area contributed by atoms with Crippen molar-refractivity contribution in [2.75, 3.05) is 6.61 Å². The summed E-state index contributed by atoms with van der Waals surface area (Å²) < 4.78 is 5.67. The van der Waals surface area contributed by atoms with Gasteiger partial charge in [-0.3, -0.25) is 9.59 Å². The van der Waals surface area contributed by atoms with Crippen molar-refractivity contribution >= 4 is 18.0 Å². The molecule has 2 fully saturated rings. The van der Waals surface area contributed by atoms with Gasteiger partial charge in [0, 0.05) is 23.9 Å². The highest BCUT2D eigenvalue weighted by Gasteiger charge is 2.34. The van der Waals surface area contributed by atoms with Crippen LogP contribution >= 0.6 is 0 Å². The molecule has 0 aromatic heterocycles. The van der Waals surface area contributed by atoms with Gasteiger partial charge in [-0.2, -0.15) is 0 Å². The number of carbonyl (C=O) groups excluding carboxylic acids is 2. The fourth-order valence-corrected chi connectivity index (χ4v) is 6.02. The van der Waals surface area contributed by atoms with Crippen LogP contribution in [0.4, 0.5) is 4.79 Å². The minimum absolute atomic E-state index is 0.0130. The minimum atomic E-state index is -0.785. The average molecular weight is 477 g/mol. The van der Waals surface area contributed by atoms with Crippen molar-refractivity contribution in [2.24, 2.45) is 11.8 Å². The van der Waals surface area contributed by atoms with Crippen LogP contribution in [0, 0.1) is 11.8 Å². The first kappa shape index (κ1) is 23.4. The highest BCUT2D eigenvalue weighted by atomic mass is 16.5. The average Bonchev–Trinajstić information content (AvgIpc) is 3.46. The zero-order valence-corrected chi connectivity index (χ0v) is 19.7. The van der Waals surface area contributed by atoms with Crippen LogP contribution in [0.25, 0.3) is 11.1 Å². The topological polar surface area (TPSA) is 105 Å². The van der Waals surface area contributed by atoms with Gasteiger partial charge in [-0.05, 0) is 60.8 Å². The second-order valence-electron chi connectivity index (χ2n) is 10.1. The molecule has 0 bridgehead atoms. The van der Waals surface area contributed by atoms with Crippen LogP contribution in [0.15, 0.2) is 48.5 Å². The summed E-state index contributed by atoms with van der Waals surface area (Å²) in [6.45, 7) is 0.267. The van der Waals surface area contributed by atoms with E-state index in [0.29, 0.717) is 25.7 Å². The number of fused-ring (bicyclic) bond motifs is 3. The number of rotatable bonds is 6. The maximum absolute atomic E-state index is 12.8. The molecule has 2 amide bonds. The Morgan fingerprint density at radius 3 is 2.09 bits per heavy atom. The number of amides is 2. The Morgan fingerprint density at radius 2 is 1.43 bits per heavy atom. The van der Waals surface area contributed by atoms with Crippen LogP contribution in [0.5, 0.6) is 0 Å². The monoisotopic (exact) mass is 476 g/mol. The van der Waals surface area contributed by atoms with E-state index in [1.54, 1.807) is 0 Å². The molecule has 0 spiro atoms. The van der Waals surface area contributed by atoms with Gasteiger partial charge in [0.25, 0.3) is 0 Å². The van der Waals surface area contributed by atoms with Crippen molar-refractivity contribution in [1.82, 2.24) is 10.6 Å². The molecule has 3 N–H and O–H groups in total. The predicted octanol–water partition coefficient (Wildman–Crippen LogP) is 4.45. The largest absolute Gasteiger partial charge is 0.481 e. The van der Waals surface area contributed by atoms with Crippen LogP contribution in [-0.4, -0.2) is 41.8 Å². The molecule has 3 aliphatic carbocycles. The predicted molar refractivity (Wildman–Crippen MR) is 131 cm³/mol. The van der Waals surface area contributed by atoms with Crippen molar-refractivity contribution in [3.05, 3.63) is 59.7 Å². The lowest BCUT2D eigenvalue weighted by Crippen LogP contribution is -2.44. The third kappa shape index (κ3) is 5.04. The van der Waals surface area contributed by atoms with Crippen LogP contribution in [0.3, 0.4) is 0 Å². The van der Waals surface area contributed by atoms with Crippen LogP contribution < -0.4 is 10.6 Å². The molecule has 35 heavy (non-hydrogen) atoms. The number of alkyl carbamates (subject to hydrolysis) is 1. The molecular formula is C28H32N2O5. The number of aliphatic carboxylic acids is 1. The Kier molecular flexibility index (Phi) is 6.75. The molecule has 4 unspecified atom stereocenters. The molecule has 184 valence electrons. The zero-order valence-electron chi connectivity index (χ0n) is 19.7. The maximum atomic E-state index is 12.8. The summed E-state index contributed by atoms with van der Waals surface area (Å²) in [5, 5.41) is 15.2. The van der Waals surface area contributed by atoms with Crippen LogP contribution in [-0.2, 0) is 14.3 Å². The normalized spacial score (nSPS) is 25.4. The third-order valence-corrected chi connectivity index (χ3v) is 7.84. The number of hydrogen-bond acceptors (Lipinski definition) is 4. The quantitative estimate of drug-likeness (QED) is 0.571. The van der Waals surface area contributed by atoms with E-state index in [1.807, 2.05) is 24.3 Å². The molecule has 2 saturated carbocycles. The Balaban J connectivity index is 1.13. The van der Waals surface area contributed by atoms with E-state index >= 15 is 0 Å². The number of hydrogen-bond donors (Lipinski definition) is 3. The fraction of sp³-hybridized carbons (Fsp3) is 0.464. The number of benzene rings is 2. The van der Waals surface area contributed by atoms with E-state index in [-0.39, 0.29) is 42.4 Å². The second-order valence-corrected chi connectivity index (χ2v) is 10.1. The molecular weight excluding hydrogens is 444 g/mol. The van der Waals surface area contributed by atoms with Gasteiger partial charge in [0.15, 0.2) is 0 Å². The summed E-state index contributed by atoms with van der Waals surface area (Å²) in [6, 6.07) is 16.3. The van der Waals surface area contributed by atoms with E-state index in [2.05, 4.69) is 34.9 Å². The van der Waals surface area contributed by atoms with Gasteiger partial charge in [-0.15, -0.1) is 0 Å². The van der Waals surface area contributed by atoms with Crippen molar-refractivity contribution in [3.8, 4) is 11.1 Å².